The second kappa shape index (κ2) is 8.47. The first kappa shape index (κ1) is 22.4. The van der Waals surface area contributed by atoms with Crippen LogP contribution in [0.5, 0.6) is 0 Å². The topological polar surface area (TPSA) is 15.3 Å². The standard InChI is InChI=1S/C37H30N2/c1-25-17-19-26(20-18-25)27-21-22-29-30-12-9-23-38-36(30)37(33(29)24-27)31-13-5-7-15-34(31)39(28-10-3-2-4-11-28)35-16-8-6-14-32(35)37/h2-22,27,38H,23-24H2,1H3. The van der Waals surface area contributed by atoms with Crippen molar-refractivity contribution < 1.29 is 0 Å². The first-order valence-electron chi connectivity index (χ1n) is 13.9. The van der Waals surface area contributed by atoms with Crippen molar-refractivity contribution in [2.24, 2.45) is 0 Å². The van der Waals surface area contributed by atoms with Crippen molar-refractivity contribution in [3.8, 4) is 0 Å². The van der Waals surface area contributed by atoms with Crippen LogP contribution in [0.15, 0.2) is 150 Å². The molecular weight excluding hydrogens is 472 g/mol. The molecule has 1 atom stereocenters. The summed E-state index contributed by atoms with van der Waals surface area (Å²) < 4.78 is 0. The summed E-state index contributed by atoms with van der Waals surface area (Å²) in [5, 5.41) is 3.90. The van der Waals surface area contributed by atoms with Crippen molar-refractivity contribution in [3.05, 3.63) is 172 Å². The highest BCUT2D eigenvalue weighted by atomic mass is 15.2. The molecule has 0 amide bonds. The number of rotatable bonds is 2. The number of nitrogens with one attached hydrogen (secondary N) is 1. The van der Waals surface area contributed by atoms with Gasteiger partial charge in [-0.3, -0.25) is 0 Å². The number of nitrogens with zero attached hydrogens (tertiary/aromatic N) is 1. The van der Waals surface area contributed by atoms with Gasteiger partial charge in [0.05, 0.1) is 16.8 Å². The van der Waals surface area contributed by atoms with Gasteiger partial charge in [0.1, 0.15) is 0 Å². The zero-order valence-electron chi connectivity index (χ0n) is 22.1. The van der Waals surface area contributed by atoms with Gasteiger partial charge in [-0.15, -0.1) is 0 Å². The Bertz CT molecular complexity index is 1690. The van der Waals surface area contributed by atoms with Gasteiger partial charge in [-0.25, -0.2) is 0 Å². The van der Waals surface area contributed by atoms with Crippen molar-refractivity contribution in [2.75, 3.05) is 11.4 Å². The molecule has 0 bridgehead atoms. The number of benzene rings is 4. The van der Waals surface area contributed by atoms with E-state index in [1.165, 1.54) is 61.7 Å². The number of fused-ring (bicyclic) bond motifs is 7. The lowest BCUT2D eigenvalue weighted by Gasteiger charge is -2.47. The molecule has 8 rings (SSSR count). The highest BCUT2D eigenvalue weighted by molar-refractivity contribution is 5.91. The predicted molar refractivity (Wildman–Crippen MR) is 161 cm³/mol. The van der Waals surface area contributed by atoms with E-state index in [0.29, 0.717) is 5.92 Å². The highest BCUT2D eigenvalue weighted by Gasteiger charge is 2.54. The zero-order valence-corrected chi connectivity index (χ0v) is 22.1. The van der Waals surface area contributed by atoms with Crippen LogP contribution >= 0.6 is 0 Å². The third-order valence-corrected chi connectivity index (χ3v) is 8.93. The van der Waals surface area contributed by atoms with Gasteiger partial charge < -0.3 is 10.2 Å². The van der Waals surface area contributed by atoms with Crippen LogP contribution in [0.25, 0.3) is 0 Å². The van der Waals surface area contributed by atoms with Gasteiger partial charge in [0.25, 0.3) is 0 Å². The molecule has 0 aromatic heterocycles. The minimum Gasteiger partial charge on any atom is -0.383 e. The lowest BCUT2D eigenvalue weighted by molar-refractivity contribution is 0.599. The summed E-state index contributed by atoms with van der Waals surface area (Å²) in [5.74, 6) is 0.345. The van der Waals surface area contributed by atoms with E-state index in [9.17, 15) is 0 Å². The Morgan fingerprint density at radius 3 is 2.10 bits per heavy atom. The maximum Gasteiger partial charge on any atom is 0.0864 e. The lowest BCUT2D eigenvalue weighted by atomic mass is 9.62. The van der Waals surface area contributed by atoms with Crippen LogP contribution in [0.3, 0.4) is 0 Å². The SMILES string of the molecule is Cc1ccc(C2C=CC3=C(C2)C2(C4=C3C=CCN4)c3ccccc3N(c3ccccc3)c3ccccc32)cc1. The molecule has 2 heteroatoms. The molecule has 2 aliphatic carbocycles. The fourth-order valence-electron chi connectivity index (χ4n) is 7.28. The van der Waals surface area contributed by atoms with Crippen molar-refractivity contribution in [1.29, 1.82) is 0 Å². The molecular formula is C37H30N2. The zero-order chi connectivity index (χ0) is 26.0. The largest absolute Gasteiger partial charge is 0.383 e. The third-order valence-electron chi connectivity index (χ3n) is 8.93. The molecule has 1 N–H and O–H groups in total. The Morgan fingerprint density at radius 2 is 1.38 bits per heavy atom. The molecule has 2 aliphatic heterocycles. The maximum atomic E-state index is 3.90. The molecule has 0 fully saturated rings. The average molecular weight is 503 g/mol. The van der Waals surface area contributed by atoms with Crippen molar-refractivity contribution in [2.45, 2.75) is 24.7 Å². The minimum absolute atomic E-state index is 0.345. The van der Waals surface area contributed by atoms with Crippen LogP contribution in [-0.2, 0) is 5.41 Å². The van der Waals surface area contributed by atoms with E-state index >= 15 is 0 Å². The average Bonchev–Trinajstić information content (AvgIpc) is 3.29. The second-order valence-electron chi connectivity index (χ2n) is 11.0. The van der Waals surface area contributed by atoms with E-state index in [1.807, 2.05) is 0 Å². The predicted octanol–water partition coefficient (Wildman–Crippen LogP) is 8.53. The van der Waals surface area contributed by atoms with E-state index in [1.54, 1.807) is 0 Å². The van der Waals surface area contributed by atoms with Crippen LogP contribution < -0.4 is 10.2 Å². The normalized spacial score (nSPS) is 19.9. The summed E-state index contributed by atoms with van der Waals surface area (Å²) in [6.07, 6.45) is 10.4. The summed E-state index contributed by atoms with van der Waals surface area (Å²) in [6.45, 7) is 3.01. The van der Waals surface area contributed by atoms with Crippen LogP contribution in [0, 0.1) is 6.92 Å². The maximum absolute atomic E-state index is 3.90. The van der Waals surface area contributed by atoms with Gasteiger partial charge >= 0.3 is 0 Å². The third kappa shape index (κ3) is 3.09. The summed E-state index contributed by atoms with van der Waals surface area (Å²) >= 11 is 0. The summed E-state index contributed by atoms with van der Waals surface area (Å²) in [7, 11) is 0. The number of para-hydroxylation sites is 3. The van der Waals surface area contributed by atoms with Gasteiger partial charge in [-0.1, -0.05) is 109 Å². The fourth-order valence-corrected chi connectivity index (χ4v) is 7.28. The number of anilines is 3. The molecule has 1 spiro atoms. The van der Waals surface area contributed by atoms with Crippen LogP contribution in [0.1, 0.15) is 34.6 Å². The molecule has 2 heterocycles. The first-order chi connectivity index (χ1) is 19.3. The number of dihydropyridines is 1. The molecule has 4 aromatic rings. The Hall–Kier alpha value is -4.56. The van der Waals surface area contributed by atoms with E-state index in [2.05, 4.69) is 145 Å². The van der Waals surface area contributed by atoms with Crippen molar-refractivity contribution >= 4 is 17.1 Å². The van der Waals surface area contributed by atoms with E-state index in [-0.39, 0.29) is 5.41 Å². The van der Waals surface area contributed by atoms with E-state index in [0.717, 1.165) is 13.0 Å². The summed E-state index contributed by atoms with van der Waals surface area (Å²) in [5.41, 5.74) is 14.3. The molecule has 4 aliphatic rings. The molecule has 2 nitrogen and oxygen atoms in total. The molecule has 39 heavy (non-hydrogen) atoms. The van der Waals surface area contributed by atoms with E-state index in [4.69, 9.17) is 0 Å². The Balaban J connectivity index is 1.41. The molecule has 1 unspecified atom stereocenters. The van der Waals surface area contributed by atoms with Crippen molar-refractivity contribution in [1.82, 2.24) is 5.32 Å². The number of allylic oxidation sites excluding steroid dienone is 6. The van der Waals surface area contributed by atoms with E-state index < -0.39 is 0 Å². The molecule has 188 valence electrons. The number of aryl methyl sites for hydroxylation is 1. The first-order valence-corrected chi connectivity index (χ1v) is 13.9. The number of hydrogen-bond acceptors (Lipinski definition) is 2. The summed E-state index contributed by atoms with van der Waals surface area (Å²) in [4.78, 5) is 2.45. The van der Waals surface area contributed by atoms with Gasteiger partial charge in [-0.05, 0) is 65.4 Å². The second-order valence-corrected chi connectivity index (χ2v) is 11.0. The van der Waals surface area contributed by atoms with Crippen LogP contribution in [0.2, 0.25) is 0 Å². The molecule has 0 radical (unpaired) electrons. The molecule has 0 saturated heterocycles. The Morgan fingerprint density at radius 1 is 0.718 bits per heavy atom. The fraction of sp³-hybridized carbons (Fsp3) is 0.135. The lowest BCUT2D eigenvalue weighted by Crippen LogP contribution is -2.42. The van der Waals surface area contributed by atoms with Gasteiger partial charge in [0, 0.05) is 29.4 Å². The van der Waals surface area contributed by atoms with Gasteiger partial charge in [0.15, 0.2) is 0 Å². The Kier molecular flexibility index (Phi) is 4.87. The number of hydrogen-bond donors (Lipinski definition) is 1. The molecule has 4 aromatic carbocycles. The van der Waals surface area contributed by atoms with Crippen molar-refractivity contribution in [3.63, 3.8) is 0 Å². The smallest absolute Gasteiger partial charge is 0.0864 e. The van der Waals surface area contributed by atoms with Crippen LogP contribution in [0.4, 0.5) is 17.1 Å². The molecule has 0 saturated carbocycles. The Labute approximate surface area is 230 Å². The van der Waals surface area contributed by atoms with Crippen LogP contribution in [-0.4, -0.2) is 6.54 Å². The monoisotopic (exact) mass is 502 g/mol. The summed E-state index contributed by atoms with van der Waals surface area (Å²) in [6, 6.07) is 38.0. The minimum atomic E-state index is -0.360. The van der Waals surface area contributed by atoms with Gasteiger partial charge in [-0.2, -0.15) is 0 Å². The highest BCUT2D eigenvalue weighted by Crippen LogP contribution is 2.64. The van der Waals surface area contributed by atoms with Gasteiger partial charge in [0.2, 0.25) is 0 Å². The quantitative estimate of drug-likeness (QED) is 0.295.